The van der Waals surface area contributed by atoms with Crippen LogP contribution in [0.25, 0.3) is 16.6 Å². The second-order valence-electron chi connectivity index (χ2n) is 6.83. The van der Waals surface area contributed by atoms with E-state index in [1.165, 1.54) is 30.1 Å². The molecule has 0 fully saturated rings. The molecule has 0 saturated carbocycles. The summed E-state index contributed by atoms with van der Waals surface area (Å²) in [7, 11) is 1.56. The summed E-state index contributed by atoms with van der Waals surface area (Å²) in [6, 6.07) is 9.41. The third-order valence-corrected chi connectivity index (χ3v) is 5.51. The van der Waals surface area contributed by atoms with Crippen molar-refractivity contribution in [3.63, 3.8) is 0 Å². The Morgan fingerprint density at radius 2 is 1.97 bits per heavy atom. The first kappa shape index (κ1) is 20.8. The van der Waals surface area contributed by atoms with Gasteiger partial charge in [0.15, 0.2) is 0 Å². The molecule has 9 heteroatoms. The maximum atomic E-state index is 13.3. The fourth-order valence-electron chi connectivity index (χ4n) is 3.23. The Bertz CT molecular complexity index is 1220. The van der Waals surface area contributed by atoms with Crippen LogP contribution in [0.5, 0.6) is 5.88 Å². The van der Waals surface area contributed by atoms with Crippen molar-refractivity contribution in [1.29, 1.82) is 0 Å². The van der Waals surface area contributed by atoms with Crippen LogP contribution in [-0.2, 0) is 0 Å². The summed E-state index contributed by atoms with van der Waals surface area (Å²) in [6.45, 7) is 1.90. The molecule has 0 aliphatic carbocycles. The number of methoxy groups -OCH3 is 1. The fraction of sp³-hybridized carbons (Fsp3) is 0.182. The average Bonchev–Trinajstić information content (AvgIpc) is 3.23. The summed E-state index contributed by atoms with van der Waals surface area (Å²) in [4.78, 5) is 21.6. The number of nitrogens with one attached hydrogen (secondary N) is 1. The topological polar surface area (TPSA) is 81.9 Å². The molecule has 1 unspecified atom stereocenters. The zero-order chi connectivity index (χ0) is 22.0. The zero-order valence-electron chi connectivity index (χ0n) is 17.2. The van der Waals surface area contributed by atoms with E-state index in [9.17, 15) is 9.18 Å². The number of rotatable bonds is 6. The van der Waals surface area contributed by atoms with Crippen molar-refractivity contribution in [2.45, 2.75) is 18.0 Å². The molecule has 1 N–H and O–H groups in total. The van der Waals surface area contributed by atoms with E-state index in [0.29, 0.717) is 28.0 Å². The monoisotopic (exact) mass is 437 g/mol. The van der Waals surface area contributed by atoms with E-state index in [4.69, 9.17) is 4.74 Å². The van der Waals surface area contributed by atoms with E-state index >= 15 is 0 Å². The molecule has 4 aromatic rings. The maximum Gasteiger partial charge on any atom is 0.254 e. The summed E-state index contributed by atoms with van der Waals surface area (Å²) in [5.74, 6) is -0.109. The Morgan fingerprint density at radius 3 is 2.68 bits per heavy atom. The number of fused-ring (bicyclic) bond motifs is 1. The lowest BCUT2D eigenvalue weighted by atomic mass is 10.1. The van der Waals surface area contributed by atoms with Gasteiger partial charge in [0, 0.05) is 17.6 Å². The van der Waals surface area contributed by atoms with Crippen LogP contribution in [0.2, 0.25) is 0 Å². The van der Waals surface area contributed by atoms with Gasteiger partial charge < -0.3 is 10.1 Å². The summed E-state index contributed by atoms with van der Waals surface area (Å²) < 4.78 is 20.2. The molecule has 3 heterocycles. The predicted octanol–water partition coefficient (Wildman–Crippen LogP) is 4.18. The Balaban J connectivity index is 1.63. The van der Waals surface area contributed by atoms with E-state index in [0.717, 1.165) is 10.6 Å². The zero-order valence-corrected chi connectivity index (χ0v) is 18.0. The summed E-state index contributed by atoms with van der Waals surface area (Å²) in [6.07, 6.45) is 6.69. The highest BCUT2D eigenvalue weighted by molar-refractivity contribution is 7.98. The van der Waals surface area contributed by atoms with Crippen LogP contribution in [0.15, 0.2) is 60.0 Å². The van der Waals surface area contributed by atoms with E-state index < -0.39 is 0 Å². The van der Waals surface area contributed by atoms with Gasteiger partial charge in [-0.2, -0.15) is 5.10 Å². The number of hydrogen-bond donors (Lipinski definition) is 1. The van der Waals surface area contributed by atoms with Gasteiger partial charge in [0.1, 0.15) is 10.8 Å². The summed E-state index contributed by atoms with van der Waals surface area (Å²) >= 11 is 1.50. The van der Waals surface area contributed by atoms with Crippen molar-refractivity contribution in [2.75, 3.05) is 13.4 Å². The van der Waals surface area contributed by atoms with Gasteiger partial charge in [-0.05, 0) is 49.1 Å². The van der Waals surface area contributed by atoms with E-state index in [2.05, 4.69) is 20.4 Å². The van der Waals surface area contributed by atoms with Gasteiger partial charge in [-0.3, -0.25) is 9.78 Å². The molecule has 0 aliphatic heterocycles. The van der Waals surface area contributed by atoms with Gasteiger partial charge in [-0.25, -0.2) is 14.1 Å². The number of nitrogens with zero attached hydrogens (tertiary/aromatic N) is 4. The third kappa shape index (κ3) is 4.22. The molecule has 1 aromatic carbocycles. The average molecular weight is 438 g/mol. The van der Waals surface area contributed by atoms with Crippen LogP contribution in [-0.4, -0.2) is 39.0 Å². The molecule has 0 spiro atoms. The predicted molar refractivity (Wildman–Crippen MR) is 117 cm³/mol. The second-order valence-corrected chi connectivity index (χ2v) is 7.66. The number of hydrogen-bond acceptors (Lipinski definition) is 6. The highest BCUT2D eigenvalue weighted by atomic mass is 32.2. The van der Waals surface area contributed by atoms with Gasteiger partial charge in [-0.1, -0.05) is 0 Å². The first-order chi connectivity index (χ1) is 15.0. The van der Waals surface area contributed by atoms with Crippen LogP contribution in [0, 0.1) is 5.82 Å². The van der Waals surface area contributed by atoms with Gasteiger partial charge in [0.2, 0.25) is 5.88 Å². The van der Waals surface area contributed by atoms with Crippen molar-refractivity contribution in [3.05, 3.63) is 71.9 Å². The lowest BCUT2D eigenvalue weighted by molar-refractivity contribution is 0.0941. The molecule has 0 aliphatic rings. The first-order valence-corrected chi connectivity index (χ1v) is 10.7. The van der Waals surface area contributed by atoms with Crippen molar-refractivity contribution in [3.8, 4) is 11.6 Å². The van der Waals surface area contributed by atoms with Gasteiger partial charge >= 0.3 is 0 Å². The molecule has 31 heavy (non-hydrogen) atoms. The molecule has 1 atom stereocenters. The number of thioether (sulfide) groups is 1. The Labute approximate surface area is 182 Å². The highest BCUT2D eigenvalue weighted by Crippen LogP contribution is 2.25. The molecule has 7 nitrogen and oxygen atoms in total. The van der Waals surface area contributed by atoms with Crippen LogP contribution < -0.4 is 10.1 Å². The van der Waals surface area contributed by atoms with Crippen molar-refractivity contribution in [2.24, 2.45) is 0 Å². The van der Waals surface area contributed by atoms with Crippen LogP contribution >= 0.6 is 11.8 Å². The molecule has 0 radical (unpaired) electrons. The number of carbonyl (C=O) groups is 1. The molecular formula is C22H20FN5O2S. The lowest BCUT2D eigenvalue weighted by Crippen LogP contribution is -2.27. The lowest BCUT2D eigenvalue weighted by Gasteiger charge is -2.16. The van der Waals surface area contributed by atoms with Crippen LogP contribution in [0.3, 0.4) is 0 Å². The molecular weight excluding hydrogens is 417 g/mol. The minimum atomic E-state index is -0.329. The maximum absolute atomic E-state index is 13.3. The number of benzene rings is 1. The van der Waals surface area contributed by atoms with Gasteiger partial charge in [0.05, 0.1) is 42.3 Å². The Kier molecular flexibility index (Phi) is 5.85. The number of carbonyl (C=O) groups excluding carboxylic acids is 1. The van der Waals surface area contributed by atoms with E-state index in [1.807, 2.05) is 19.2 Å². The van der Waals surface area contributed by atoms with E-state index in [-0.39, 0.29) is 17.8 Å². The molecule has 158 valence electrons. The molecule has 1 amide bonds. The minimum absolute atomic E-state index is 0.272. The summed E-state index contributed by atoms with van der Waals surface area (Å²) in [5, 5.41) is 8.83. The second kappa shape index (κ2) is 8.73. The van der Waals surface area contributed by atoms with Crippen molar-refractivity contribution in [1.82, 2.24) is 25.1 Å². The molecule has 3 aromatic heterocycles. The third-order valence-electron chi connectivity index (χ3n) is 4.88. The molecule has 0 saturated heterocycles. The van der Waals surface area contributed by atoms with E-state index in [1.54, 1.807) is 42.4 Å². The summed E-state index contributed by atoms with van der Waals surface area (Å²) in [5.41, 5.74) is 2.62. The highest BCUT2D eigenvalue weighted by Gasteiger charge is 2.18. The number of pyridine rings is 2. The van der Waals surface area contributed by atoms with Crippen molar-refractivity contribution < 1.29 is 13.9 Å². The number of amides is 1. The number of aromatic nitrogens is 4. The Hall–Kier alpha value is -3.46. The standard InChI is InChI=1S/C22H20FN5O2S/c1-13(14-8-20(30-2)27-21(9-14)31-3)26-22(29)18-10-24-12-19-17(18)11-25-28(19)16-6-4-15(23)5-7-16/h4-13H,1-3H3,(H,26,29). The molecule has 0 bridgehead atoms. The smallest absolute Gasteiger partial charge is 0.254 e. The number of ether oxygens (including phenoxy) is 1. The number of halogens is 1. The quantitative estimate of drug-likeness (QED) is 0.456. The van der Waals surface area contributed by atoms with Crippen molar-refractivity contribution >= 4 is 28.6 Å². The van der Waals surface area contributed by atoms with Crippen LogP contribution in [0.4, 0.5) is 4.39 Å². The molecule has 4 rings (SSSR count). The fourth-order valence-corrected chi connectivity index (χ4v) is 3.66. The SMILES string of the molecule is COc1cc(C(C)NC(=O)c2cncc3c2cnn3-c2ccc(F)cc2)cc(SC)n1. The van der Waals surface area contributed by atoms with Crippen LogP contribution in [0.1, 0.15) is 28.9 Å². The normalized spacial score (nSPS) is 12.0. The largest absolute Gasteiger partial charge is 0.481 e. The van der Waals surface area contributed by atoms with Gasteiger partial charge in [-0.15, -0.1) is 11.8 Å². The first-order valence-electron chi connectivity index (χ1n) is 9.48. The minimum Gasteiger partial charge on any atom is -0.481 e. The Morgan fingerprint density at radius 1 is 1.19 bits per heavy atom. The van der Waals surface area contributed by atoms with Gasteiger partial charge in [0.25, 0.3) is 5.91 Å².